The zero-order valence-electron chi connectivity index (χ0n) is 9.46. The quantitative estimate of drug-likeness (QED) is 0.650. The fourth-order valence-corrected chi connectivity index (χ4v) is 1.76. The van der Waals surface area contributed by atoms with E-state index in [1.807, 2.05) is 6.21 Å². The SMILES string of the molecule is Cc1ccc(C2=CCCCC=N2)cc1C. The van der Waals surface area contributed by atoms with Crippen molar-refractivity contribution in [2.24, 2.45) is 4.99 Å². The first kappa shape index (κ1) is 10.2. The second-order valence-corrected chi connectivity index (χ2v) is 4.13. The molecule has 0 fully saturated rings. The van der Waals surface area contributed by atoms with Gasteiger partial charge >= 0.3 is 0 Å². The Morgan fingerprint density at radius 3 is 2.73 bits per heavy atom. The van der Waals surface area contributed by atoms with Gasteiger partial charge in [0, 0.05) is 11.8 Å². The largest absolute Gasteiger partial charge is 0.261 e. The van der Waals surface area contributed by atoms with Crippen molar-refractivity contribution in [2.75, 3.05) is 0 Å². The lowest BCUT2D eigenvalue weighted by Crippen LogP contribution is -1.86. The molecule has 0 saturated carbocycles. The highest BCUT2D eigenvalue weighted by Gasteiger charge is 2.03. The molecular formula is C14H17N. The number of hydrogen-bond acceptors (Lipinski definition) is 1. The van der Waals surface area contributed by atoms with Crippen molar-refractivity contribution in [3.05, 3.63) is 41.0 Å². The number of aryl methyl sites for hydroxylation is 2. The minimum Gasteiger partial charge on any atom is -0.261 e. The highest BCUT2D eigenvalue weighted by atomic mass is 14.7. The molecule has 1 aromatic carbocycles. The average molecular weight is 199 g/mol. The molecule has 0 aliphatic carbocycles. The molecule has 15 heavy (non-hydrogen) atoms. The number of nitrogens with zero attached hydrogens (tertiary/aromatic N) is 1. The maximum absolute atomic E-state index is 4.50. The Kier molecular flexibility index (Phi) is 3.00. The van der Waals surface area contributed by atoms with Crippen LogP contribution in [-0.4, -0.2) is 6.21 Å². The van der Waals surface area contributed by atoms with E-state index in [0.29, 0.717) is 0 Å². The summed E-state index contributed by atoms with van der Waals surface area (Å²) in [5, 5.41) is 0. The third kappa shape index (κ3) is 2.35. The molecule has 0 bridgehead atoms. The maximum Gasteiger partial charge on any atom is 0.0658 e. The molecule has 1 heterocycles. The third-order valence-electron chi connectivity index (χ3n) is 2.91. The molecule has 1 heteroatoms. The van der Waals surface area contributed by atoms with Crippen LogP contribution < -0.4 is 0 Å². The van der Waals surface area contributed by atoms with Crippen LogP contribution in [0.4, 0.5) is 0 Å². The van der Waals surface area contributed by atoms with Gasteiger partial charge < -0.3 is 0 Å². The predicted octanol–water partition coefficient (Wildman–Crippen LogP) is 3.90. The van der Waals surface area contributed by atoms with Crippen LogP contribution in [0.1, 0.15) is 36.0 Å². The molecule has 2 rings (SSSR count). The Labute approximate surface area is 91.6 Å². The Morgan fingerprint density at radius 2 is 1.93 bits per heavy atom. The van der Waals surface area contributed by atoms with Crippen molar-refractivity contribution in [3.63, 3.8) is 0 Å². The van der Waals surface area contributed by atoms with E-state index in [1.54, 1.807) is 0 Å². The first-order chi connectivity index (χ1) is 7.27. The Hall–Kier alpha value is -1.37. The highest BCUT2D eigenvalue weighted by Crippen LogP contribution is 2.21. The second-order valence-electron chi connectivity index (χ2n) is 4.13. The lowest BCUT2D eigenvalue weighted by Gasteiger charge is -2.05. The van der Waals surface area contributed by atoms with Gasteiger partial charge in [-0.15, -0.1) is 0 Å². The van der Waals surface area contributed by atoms with E-state index in [4.69, 9.17) is 0 Å². The number of hydrogen-bond donors (Lipinski definition) is 0. The van der Waals surface area contributed by atoms with E-state index >= 15 is 0 Å². The van der Waals surface area contributed by atoms with E-state index in [1.165, 1.54) is 23.1 Å². The Morgan fingerprint density at radius 1 is 1.07 bits per heavy atom. The summed E-state index contributed by atoms with van der Waals surface area (Å²) < 4.78 is 0. The van der Waals surface area contributed by atoms with E-state index in [-0.39, 0.29) is 0 Å². The Balaban J connectivity index is 2.36. The molecule has 0 aromatic heterocycles. The summed E-state index contributed by atoms with van der Waals surface area (Å²) in [6, 6.07) is 6.56. The summed E-state index contributed by atoms with van der Waals surface area (Å²) in [4.78, 5) is 4.50. The summed E-state index contributed by atoms with van der Waals surface area (Å²) >= 11 is 0. The van der Waals surface area contributed by atoms with Crippen molar-refractivity contribution in [1.82, 2.24) is 0 Å². The Bertz CT molecular complexity index is 413. The van der Waals surface area contributed by atoms with Crippen molar-refractivity contribution in [1.29, 1.82) is 0 Å². The first-order valence-electron chi connectivity index (χ1n) is 5.58. The fraction of sp³-hybridized carbons (Fsp3) is 0.357. The predicted molar refractivity (Wildman–Crippen MR) is 66.2 cm³/mol. The molecule has 0 N–H and O–H groups in total. The fourth-order valence-electron chi connectivity index (χ4n) is 1.76. The van der Waals surface area contributed by atoms with Crippen molar-refractivity contribution < 1.29 is 0 Å². The van der Waals surface area contributed by atoms with E-state index in [2.05, 4.69) is 43.1 Å². The smallest absolute Gasteiger partial charge is 0.0658 e. The molecular weight excluding hydrogens is 182 g/mol. The van der Waals surface area contributed by atoms with E-state index < -0.39 is 0 Å². The standard InChI is InChI=1S/C14H17N/c1-11-7-8-13(10-12(11)2)14-6-4-3-5-9-15-14/h6-10H,3-5H2,1-2H3. The molecule has 1 nitrogen and oxygen atoms in total. The number of allylic oxidation sites excluding steroid dienone is 1. The maximum atomic E-state index is 4.50. The number of benzene rings is 1. The first-order valence-corrected chi connectivity index (χ1v) is 5.58. The van der Waals surface area contributed by atoms with Crippen LogP contribution in [0, 0.1) is 13.8 Å². The molecule has 0 spiro atoms. The minimum atomic E-state index is 1.10. The van der Waals surface area contributed by atoms with Gasteiger partial charge in [0.1, 0.15) is 0 Å². The minimum absolute atomic E-state index is 1.10. The van der Waals surface area contributed by atoms with Gasteiger partial charge in [-0.2, -0.15) is 0 Å². The molecule has 1 aliphatic heterocycles. The monoisotopic (exact) mass is 199 g/mol. The van der Waals surface area contributed by atoms with E-state index in [0.717, 1.165) is 18.5 Å². The molecule has 1 aliphatic rings. The van der Waals surface area contributed by atoms with Gasteiger partial charge in [0.25, 0.3) is 0 Å². The van der Waals surface area contributed by atoms with Crippen LogP contribution in [0.15, 0.2) is 29.3 Å². The van der Waals surface area contributed by atoms with Crippen molar-refractivity contribution in [3.8, 4) is 0 Å². The van der Waals surface area contributed by atoms with Gasteiger partial charge in [-0.1, -0.05) is 18.2 Å². The van der Waals surface area contributed by atoms with Gasteiger partial charge in [-0.3, -0.25) is 4.99 Å². The topological polar surface area (TPSA) is 12.4 Å². The van der Waals surface area contributed by atoms with Gasteiger partial charge in [0.05, 0.1) is 5.70 Å². The summed E-state index contributed by atoms with van der Waals surface area (Å²) in [5.41, 5.74) is 5.07. The molecule has 78 valence electrons. The van der Waals surface area contributed by atoms with Crippen LogP contribution in [-0.2, 0) is 0 Å². The zero-order valence-corrected chi connectivity index (χ0v) is 9.46. The number of rotatable bonds is 1. The molecule has 1 aromatic rings. The summed E-state index contributed by atoms with van der Waals surface area (Å²) in [6.45, 7) is 4.30. The van der Waals surface area contributed by atoms with Crippen LogP contribution in [0.2, 0.25) is 0 Å². The van der Waals surface area contributed by atoms with Crippen LogP contribution in [0.5, 0.6) is 0 Å². The lowest BCUT2D eigenvalue weighted by molar-refractivity contribution is 0.912. The van der Waals surface area contributed by atoms with Crippen molar-refractivity contribution >= 4 is 11.9 Å². The summed E-state index contributed by atoms with van der Waals surface area (Å²) in [6.07, 6.45) is 7.74. The number of aliphatic imine (C=N–C) groups is 1. The highest BCUT2D eigenvalue weighted by molar-refractivity contribution is 5.75. The molecule has 0 unspecified atom stereocenters. The zero-order chi connectivity index (χ0) is 10.7. The molecule has 0 saturated heterocycles. The van der Waals surface area contributed by atoms with Crippen LogP contribution in [0.3, 0.4) is 0 Å². The van der Waals surface area contributed by atoms with E-state index in [9.17, 15) is 0 Å². The third-order valence-corrected chi connectivity index (χ3v) is 2.91. The molecule has 0 amide bonds. The summed E-state index contributed by atoms with van der Waals surface area (Å²) in [5.74, 6) is 0. The summed E-state index contributed by atoms with van der Waals surface area (Å²) in [7, 11) is 0. The van der Waals surface area contributed by atoms with Crippen LogP contribution in [0.25, 0.3) is 5.70 Å². The molecule has 0 radical (unpaired) electrons. The van der Waals surface area contributed by atoms with Gasteiger partial charge in [-0.25, -0.2) is 0 Å². The molecule has 0 atom stereocenters. The van der Waals surface area contributed by atoms with Crippen LogP contribution >= 0.6 is 0 Å². The van der Waals surface area contributed by atoms with Gasteiger partial charge in [-0.05, 0) is 50.3 Å². The lowest BCUT2D eigenvalue weighted by atomic mass is 10.0. The second kappa shape index (κ2) is 4.43. The van der Waals surface area contributed by atoms with Gasteiger partial charge in [0.15, 0.2) is 0 Å². The van der Waals surface area contributed by atoms with Crippen molar-refractivity contribution in [2.45, 2.75) is 33.1 Å². The normalized spacial score (nSPS) is 16.0. The van der Waals surface area contributed by atoms with Gasteiger partial charge in [0.2, 0.25) is 0 Å². The average Bonchev–Trinajstić information content (AvgIpc) is 2.50.